The van der Waals surface area contributed by atoms with Gasteiger partial charge in [0.15, 0.2) is 6.61 Å². The Morgan fingerprint density at radius 1 is 1.27 bits per heavy atom. The third-order valence-corrected chi connectivity index (χ3v) is 3.33. The topological polar surface area (TPSA) is 76.7 Å². The lowest BCUT2D eigenvalue weighted by Crippen LogP contribution is -2.43. The van der Waals surface area contributed by atoms with Crippen molar-refractivity contribution in [1.82, 2.24) is 5.32 Å². The van der Waals surface area contributed by atoms with Crippen LogP contribution in [0.5, 0.6) is 5.75 Å². The molecule has 1 aliphatic rings. The molecule has 122 valence electrons. The Labute approximate surface area is 136 Å². The Hall–Kier alpha value is -1.79. The number of halogens is 1. The molecule has 2 N–H and O–H groups in total. The summed E-state index contributed by atoms with van der Waals surface area (Å²) in [5, 5.41) is 6.07. The van der Waals surface area contributed by atoms with E-state index in [-0.39, 0.29) is 31.0 Å². The number of benzene rings is 1. The minimum absolute atomic E-state index is 0. The maximum atomic E-state index is 12.0. The van der Waals surface area contributed by atoms with Gasteiger partial charge in [0.1, 0.15) is 5.75 Å². The van der Waals surface area contributed by atoms with E-state index >= 15 is 0 Å². The molecule has 0 aromatic heterocycles. The van der Waals surface area contributed by atoms with E-state index in [0.29, 0.717) is 11.4 Å². The molecular formula is C15H21ClN2O4. The standard InChI is InChI=1S/C15H20N2O4.ClH/c1-20-14(18)10-21-12-7-5-11(6-8-12)17-15(19)13-4-2-3-9-16-13;/h5-8,13,16H,2-4,9-10H2,1H3,(H,17,19);1H/t13-;/m1./s1. The van der Waals surface area contributed by atoms with E-state index in [9.17, 15) is 9.59 Å². The first-order chi connectivity index (χ1) is 10.2. The number of anilines is 1. The normalized spacial score (nSPS) is 17.0. The summed E-state index contributed by atoms with van der Waals surface area (Å²) in [4.78, 5) is 23.0. The number of ether oxygens (including phenoxy) is 2. The van der Waals surface area contributed by atoms with Crippen molar-refractivity contribution in [3.8, 4) is 5.75 Å². The number of carbonyl (C=O) groups is 2. The van der Waals surface area contributed by atoms with Gasteiger partial charge in [-0.2, -0.15) is 0 Å². The van der Waals surface area contributed by atoms with Gasteiger partial charge in [0.05, 0.1) is 13.2 Å². The predicted octanol–water partition coefficient (Wildman–Crippen LogP) is 1.74. The number of piperidine rings is 1. The van der Waals surface area contributed by atoms with E-state index in [2.05, 4.69) is 15.4 Å². The lowest BCUT2D eigenvalue weighted by Gasteiger charge is -2.22. The molecule has 6 nitrogen and oxygen atoms in total. The highest BCUT2D eigenvalue weighted by Crippen LogP contribution is 2.17. The summed E-state index contributed by atoms with van der Waals surface area (Å²) < 4.78 is 9.72. The van der Waals surface area contributed by atoms with Gasteiger partial charge in [0.2, 0.25) is 5.91 Å². The number of methoxy groups -OCH3 is 1. The van der Waals surface area contributed by atoms with Crippen molar-refractivity contribution >= 4 is 30.0 Å². The number of rotatable bonds is 5. The molecule has 1 saturated heterocycles. The Morgan fingerprint density at radius 2 is 2.00 bits per heavy atom. The van der Waals surface area contributed by atoms with E-state index in [1.807, 2.05) is 0 Å². The number of hydrogen-bond donors (Lipinski definition) is 2. The first kappa shape index (κ1) is 18.3. The largest absolute Gasteiger partial charge is 0.482 e. The van der Waals surface area contributed by atoms with Gasteiger partial charge in [-0.05, 0) is 43.7 Å². The molecule has 1 aromatic rings. The Bertz CT molecular complexity index is 487. The van der Waals surface area contributed by atoms with Crippen LogP contribution in [0.4, 0.5) is 5.69 Å². The summed E-state index contributed by atoms with van der Waals surface area (Å²) in [6.45, 7) is 0.757. The van der Waals surface area contributed by atoms with Crippen molar-refractivity contribution in [1.29, 1.82) is 0 Å². The van der Waals surface area contributed by atoms with E-state index in [4.69, 9.17) is 4.74 Å². The summed E-state index contributed by atoms with van der Waals surface area (Å²) in [6.07, 6.45) is 3.06. The molecule has 1 heterocycles. The molecular weight excluding hydrogens is 308 g/mol. The number of esters is 1. The number of hydrogen-bond acceptors (Lipinski definition) is 5. The highest BCUT2D eigenvalue weighted by Gasteiger charge is 2.20. The monoisotopic (exact) mass is 328 g/mol. The summed E-state index contributed by atoms with van der Waals surface area (Å²) in [5.41, 5.74) is 0.706. The van der Waals surface area contributed by atoms with Crippen LogP contribution in [-0.2, 0) is 14.3 Å². The van der Waals surface area contributed by atoms with Crippen molar-refractivity contribution < 1.29 is 19.1 Å². The summed E-state index contributed by atoms with van der Waals surface area (Å²) >= 11 is 0. The predicted molar refractivity (Wildman–Crippen MR) is 85.5 cm³/mol. The van der Waals surface area contributed by atoms with Crippen LogP contribution in [0.2, 0.25) is 0 Å². The minimum Gasteiger partial charge on any atom is -0.482 e. The van der Waals surface area contributed by atoms with Crippen molar-refractivity contribution in [3.05, 3.63) is 24.3 Å². The highest BCUT2D eigenvalue weighted by molar-refractivity contribution is 5.94. The molecule has 0 radical (unpaired) electrons. The van der Waals surface area contributed by atoms with Crippen LogP contribution >= 0.6 is 12.4 Å². The molecule has 0 saturated carbocycles. The number of amides is 1. The van der Waals surface area contributed by atoms with Crippen LogP contribution in [0.1, 0.15) is 19.3 Å². The Balaban J connectivity index is 0.00000242. The molecule has 1 fully saturated rings. The molecule has 1 aromatic carbocycles. The van der Waals surface area contributed by atoms with Gasteiger partial charge in [0.25, 0.3) is 0 Å². The van der Waals surface area contributed by atoms with E-state index < -0.39 is 5.97 Å². The van der Waals surface area contributed by atoms with Crippen LogP contribution in [0.3, 0.4) is 0 Å². The van der Waals surface area contributed by atoms with Crippen LogP contribution in [0, 0.1) is 0 Å². The Morgan fingerprint density at radius 3 is 2.59 bits per heavy atom. The van der Waals surface area contributed by atoms with Crippen molar-refractivity contribution in [2.45, 2.75) is 25.3 Å². The van der Waals surface area contributed by atoms with Crippen LogP contribution < -0.4 is 15.4 Å². The van der Waals surface area contributed by atoms with Gasteiger partial charge in [-0.15, -0.1) is 12.4 Å². The average Bonchev–Trinajstić information content (AvgIpc) is 2.54. The first-order valence-electron chi connectivity index (χ1n) is 7.03. The molecule has 0 unspecified atom stereocenters. The molecule has 2 rings (SSSR count). The zero-order valence-electron chi connectivity index (χ0n) is 12.5. The van der Waals surface area contributed by atoms with Gasteiger partial charge in [-0.25, -0.2) is 4.79 Å². The summed E-state index contributed by atoms with van der Waals surface area (Å²) in [6, 6.07) is 6.77. The summed E-state index contributed by atoms with van der Waals surface area (Å²) in [5.74, 6) is 0.0999. The van der Waals surface area contributed by atoms with E-state index in [1.54, 1.807) is 24.3 Å². The van der Waals surface area contributed by atoms with Crippen molar-refractivity contribution in [3.63, 3.8) is 0 Å². The van der Waals surface area contributed by atoms with E-state index in [1.165, 1.54) is 7.11 Å². The molecule has 1 aliphatic heterocycles. The SMILES string of the molecule is COC(=O)COc1ccc(NC(=O)[C@H]2CCCCN2)cc1.Cl. The number of nitrogens with one attached hydrogen (secondary N) is 2. The molecule has 1 atom stereocenters. The third-order valence-electron chi connectivity index (χ3n) is 3.33. The van der Waals surface area contributed by atoms with Gasteiger partial charge in [-0.1, -0.05) is 6.42 Å². The molecule has 22 heavy (non-hydrogen) atoms. The molecule has 0 bridgehead atoms. The second kappa shape index (κ2) is 9.27. The van der Waals surface area contributed by atoms with Gasteiger partial charge in [-0.3, -0.25) is 4.79 Å². The lowest BCUT2D eigenvalue weighted by molar-refractivity contribution is -0.142. The number of carbonyl (C=O) groups excluding carboxylic acids is 2. The van der Waals surface area contributed by atoms with Crippen molar-refractivity contribution in [2.75, 3.05) is 25.6 Å². The fourth-order valence-corrected chi connectivity index (χ4v) is 2.14. The molecule has 7 heteroatoms. The average molecular weight is 329 g/mol. The zero-order chi connectivity index (χ0) is 15.1. The maximum absolute atomic E-state index is 12.0. The van der Waals surface area contributed by atoms with Gasteiger partial charge >= 0.3 is 5.97 Å². The second-order valence-electron chi connectivity index (χ2n) is 4.88. The van der Waals surface area contributed by atoms with Crippen LogP contribution in [-0.4, -0.2) is 38.2 Å². The second-order valence-corrected chi connectivity index (χ2v) is 4.88. The van der Waals surface area contributed by atoms with Gasteiger partial charge < -0.3 is 20.1 Å². The fraction of sp³-hybridized carbons (Fsp3) is 0.467. The molecule has 1 amide bonds. The first-order valence-corrected chi connectivity index (χ1v) is 7.03. The Kier molecular flexibility index (Phi) is 7.70. The maximum Gasteiger partial charge on any atom is 0.343 e. The van der Waals surface area contributed by atoms with Crippen LogP contribution in [0.25, 0.3) is 0 Å². The third kappa shape index (κ3) is 5.54. The molecule has 0 spiro atoms. The van der Waals surface area contributed by atoms with Crippen LogP contribution in [0.15, 0.2) is 24.3 Å². The van der Waals surface area contributed by atoms with E-state index in [0.717, 1.165) is 25.8 Å². The van der Waals surface area contributed by atoms with Gasteiger partial charge in [0, 0.05) is 5.69 Å². The lowest BCUT2D eigenvalue weighted by atomic mass is 10.0. The zero-order valence-corrected chi connectivity index (χ0v) is 13.3. The summed E-state index contributed by atoms with van der Waals surface area (Å²) in [7, 11) is 1.31. The fourth-order valence-electron chi connectivity index (χ4n) is 2.14. The smallest absolute Gasteiger partial charge is 0.343 e. The quantitative estimate of drug-likeness (QED) is 0.805. The molecule has 0 aliphatic carbocycles. The minimum atomic E-state index is -0.434. The van der Waals surface area contributed by atoms with Crippen molar-refractivity contribution in [2.24, 2.45) is 0 Å². The highest BCUT2D eigenvalue weighted by atomic mass is 35.5.